The van der Waals surface area contributed by atoms with Gasteiger partial charge in [0, 0.05) is 29.7 Å². The van der Waals surface area contributed by atoms with Crippen LogP contribution in [0.15, 0.2) is 23.8 Å². The number of ketones is 2. The second kappa shape index (κ2) is 11.3. The molecule has 0 unspecified atom stereocenters. The van der Waals surface area contributed by atoms with Gasteiger partial charge in [0.25, 0.3) is 5.09 Å². The Morgan fingerprint density at radius 2 is 1.90 bits per heavy atom. The molecule has 0 saturated heterocycles. The van der Waals surface area contributed by atoms with Gasteiger partial charge >= 0.3 is 6.09 Å². The molecular formula is C27H36FN3O11. The third kappa shape index (κ3) is 4.96. The number of alkyl carbamates (subject to hydrolysis) is 1. The van der Waals surface area contributed by atoms with Gasteiger partial charge in [0.15, 0.2) is 23.7 Å². The molecule has 8 atom stereocenters. The molecule has 0 radical (unpaired) electrons. The van der Waals surface area contributed by atoms with Gasteiger partial charge in [-0.05, 0) is 44.6 Å². The number of alkyl halides is 1. The van der Waals surface area contributed by atoms with E-state index in [2.05, 4.69) is 15.5 Å². The first-order valence-electron chi connectivity index (χ1n) is 13.8. The number of carbonyl (C=O) groups is 4. The van der Waals surface area contributed by atoms with Crippen molar-refractivity contribution in [3.63, 3.8) is 0 Å². The maximum absolute atomic E-state index is 17.2. The van der Waals surface area contributed by atoms with Gasteiger partial charge in [-0.25, -0.2) is 9.18 Å². The van der Waals surface area contributed by atoms with E-state index in [0.717, 1.165) is 0 Å². The Hall–Kier alpha value is -3.43. The molecule has 14 nitrogen and oxygen atoms in total. The minimum absolute atomic E-state index is 0.0328. The monoisotopic (exact) mass is 597 g/mol. The number of halogens is 1. The van der Waals surface area contributed by atoms with Gasteiger partial charge < -0.3 is 35.5 Å². The summed E-state index contributed by atoms with van der Waals surface area (Å²) in [6.45, 7) is 1.46. The lowest BCUT2D eigenvalue weighted by Crippen LogP contribution is -2.69. The van der Waals surface area contributed by atoms with Gasteiger partial charge in [0.2, 0.25) is 11.7 Å². The smallest absolute Gasteiger partial charge is 0.408 e. The van der Waals surface area contributed by atoms with Crippen molar-refractivity contribution in [1.82, 2.24) is 10.6 Å². The van der Waals surface area contributed by atoms with E-state index in [1.54, 1.807) is 13.0 Å². The van der Waals surface area contributed by atoms with Crippen LogP contribution in [0.4, 0.5) is 9.18 Å². The molecule has 4 rings (SSSR count). The first-order valence-corrected chi connectivity index (χ1v) is 13.8. The van der Waals surface area contributed by atoms with Crippen molar-refractivity contribution in [1.29, 1.82) is 0 Å². The standard InChI is InChI=1S/C27H36FN3O11/c1-24-7-6-16(32)10-15(24)4-5-17-18-11-19(33)27(38,25(18,2)12-20(34)26(17,24)28)21(35)14-41-23(37)30-13-22(36)29-8-3-9-42-31(39)40/h4,6-7,17-20,33-34,38H,3,5,8-14H2,1-2H3,(H,29,36)(H,30,37)/t17-,18-,19+,20-,24-,25-,26-,27-/m0/s1. The molecule has 0 bridgehead atoms. The predicted octanol–water partition coefficient (Wildman–Crippen LogP) is 0.0690. The number of allylic oxidation sites excluding steroid dienone is 4. The Balaban J connectivity index is 1.39. The van der Waals surface area contributed by atoms with E-state index in [0.29, 0.717) is 5.57 Å². The largest absolute Gasteiger partial charge is 0.441 e. The number of Topliss-reactive ketones (excluding diaryl/α,β-unsaturated/α-hetero) is 1. The summed E-state index contributed by atoms with van der Waals surface area (Å²) in [4.78, 5) is 63.4. The molecule has 0 heterocycles. The summed E-state index contributed by atoms with van der Waals surface area (Å²) in [5, 5.41) is 47.6. The predicted molar refractivity (Wildman–Crippen MR) is 140 cm³/mol. The molecule has 5 N–H and O–H groups in total. The molecule has 4 aliphatic carbocycles. The first-order chi connectivity index (χ1) is 19.6. The summed E-state index contributed by atoms with van der Waals surface area (Å²) in [6.07, 6.45) is -0.0508. The number of amides is 2. The van der Waals surface area contributed by atoms with E-state index < -0.39 is 82.2 Å². The van der Waals surface area contributed by atoms with Crippen molar-refractivity contribution in [2.75, 3.05) is 26.3 Å². The lowest BCUT2D eigenvalue weighted by Gasteiger charge is -2.61. The number of aliphatic hydroxyl groups is 3. The van der Waals surface area contributed by atoms with Gasteiger partial charge in [0.05, 0.1) is 25.4 Å². The van der Waals surface area contributed by atoms with Crippen LogP contribution < -0.4 is 10.6 Å². The number of nitrogens with one attached hydrogen (secondary N) is 2. The van der Waals surface area contributed by atoms with Gasteiger partial charge in [-0.1, -0.05) is 24.6 Å². The zero-order chi connectivity index (χ0) is 31.1. The third-order valence-corrected chi connectivity index (χ3v) is 9.82. The van der Waals surface area contributed by atoms with Crippen molar-refractivity contribution in [3.8, 4) is 0 Å². The lowest BCUT2D eigenvalue weighted by atomic mass is 9.45. The van der Waals surface area contributed by atoms with E-state index in [1.165, 1.54) is 19.1 Å². The first kappa shape index (κ1) is 31.5. The highest BCUT2D eigenvalue weighted by Crippen LogP contribution is 2.69. The van der Waals surface area contributed by atoms with Crippen LogP contribution in [0.1, 0.15) is 46.0 Å². The SMILES string of the molecule is C[C@]12C=CC(=O)CC1=CC[C@H]1[C@@H]3C[C@@H](O)[C@](O)(C(=O)COC(=O)NCC(=O)NCCCO[N+](=O)[O-])[C@@]3(C)C[C@H](O)[C@@]12F. The molecule has 2 fully saturated rings. The molecule has 0 aromatic heterocycles. The molecule has 232 valence electrons. The fraction of sp³-hybridized carbons (Fsp3) is 0.704. The maximum atomic E-state index is 17.2. The van der Waals surface area contributed by atoms with E-state index in [-0.39, 0.29) is 51.0 Å². The second-order valence-electron chi connectivity index (χ2n) is 11.9. The summed E-state index contributed by atoms with van der Waals surface area (Å²) in [6, 6.07) is 0. The minimum atomic E-state index is -2.47. The molecule has 15 heteroatoms. The number of fused-ring (bicyclic) bond motifs is 5. The molecule has 42 heavy (non-hydrogen) atoms. The highest BCUT2D eigenvalue weighted by Gasteiger charge is 2.76. The Labute approximate surface area is 240 Å². The highest BCUT2D eigenvalue weighted by atomic mass is 19.1. The van der Waals surface area contributed by atoms with Crippen molar-refractivity contribution >= 4 is 23.6 Å². The van der Waals surface area contributed by atoms with E-state index >= 15 is 4.39 Å². The van der Waals surface area contributed by atoms with Crippen LogP contribution in [0.2, 0.25) is 0 Å². The lowest BCUT2D eigenvalue weighted by molar-refractivity contribution is -0.757. The van der Waals surface area contributed by atoms with Gasteiger partial charge in [-0.2, -0.15) is 0 Å². The summed E-state index contributed by atoms with van der Waals surface area (Å²) in [5.41, 5.74) is -6.87. The molecular weight excluding hydrogens is 561 g/mol. The second-order valence-corrected chi connectivity index (χ2v) is 11.9. The van der Waals surface area contributed by atoms with Gasteiger partial charge in [-0.3, -0.25) is 14.4 Å². The summed E-state index contributed by atoms with van der Waals surface area (Å²) >= 11 is 0. The van der Waals surface area contributed by atoms with Crippen LogP contribution in [0, 0.1) is 32.8 Å². The number of rotatable bonds is 10. The van der Waals surface area contributed by atoms with Crippen LogP contribution in [-0.2, 0) is 24.0 Å². The molecule has 0 aromatic rings. The van der Waals surface area contributed by atoms with Crippen molar-refractivity contribution in [2.45, 2.75) is 69.4 Å². The number of aliphatic hydroxyl groups excluding tert-OH is 2. The van der Waals surface area contributed by atoms with Crippen LogP contribution in [-0.4, -0.2) is 93.8 Å². The van der Waals surface area contributed by atoms with E-state index in [9.17, 15) is 44.6 Å². The molecule has 4 aliphatic rings. The maximum Gasteiger partial charge on any atom is 0.408 e. The third-order valence-electron chi connectivity index (χ3n) is 9.82. The zero-order valence-corrected chi connectivity index (χ0v) is 23.3. The van der Waals surface area contributed by atoms with Crippen LogP contribution in [0.5, 0.6) is 0 Å². The quantitative estimate of drug-likeness (QED) is 0.0983. The Bertz CT molecular complexity index is 1230. The van der Waals surface area contributed by atoms with Crippen molar-refractivity contribution in [2.24, 2.45) is 22.7 Å². The average Bonchev–Trinajstić information content (AvgIpc) is 3.12. The summed E-state index contributed by atoms with van der Waals surface area (Å²) in [5.74, 6) is -3.46. The molecule has 0 aromatic carbocycles. The van der Waals surface area contributed by atoms with E-state index in [4.69, 9.17) is 4.74 Å². The minimum Gasteiger partial charge on any atom is -0.441 e. The van der Waals surface area contributed by atoms with Crippen LogP contribution in [0.25, 0.3) is 0 Å². The normalized spacial score (nSPS) is 38.3. The van der Waals surface area contributed by atoms with Gasteiger partial charge in [0.1, 0.15) is 0 Å². The number of hydrogen-bond acceptors (Lipinski definition) is 11. The zero-order valence-electron chi connectivity index (χ0n) is 23.3. The van der Waals surface area contributed by atoms with Gasteiger partial charge in [-0.15, -0.1) is 10.1 Å². The van der Waals surface area contributed by atoms with E-state index in [1.807, 2.05) is 0 Å². The molecule has 0 spiro atoms. The summed E-state index contributed by atoms with van der Waals surface area (Å²) in [7, 11) is 0. The Morgan fingerprint density at radius 3 is 2.60 bits per heavy atom. The number of ether oxygens (including phenoxy) is 1. The average molecular weight is 598 g/mol. The molecule has 0 aliphatic heterocycles. The number of nitrogens with zero attached hydrogens (tertiary/aromatic N) is 1. The van der Waals surface area contributed by atoms with Crippen LogP contribution >= 0.6 is 0 Å². The highest BCUT2D eigenvalue weighted by molar-refractivity contribution is 5.94. The number of carbonyl (C=O) groups excluding carboxylic acids is 4. The summed E-state index contributed by atoms with van der Waals surface area (Å²) < 4.78 is 22.0. The molecule has 2 saturated carbocycles. The fourth-order valence-electron chi connectivity index (χ4n) is 7.58. The fourth-order valence-corrected chi connectivity index (χ4v) is 7.58. The topological polar surface area (TPSA) is 215 Å². The van der Waals surface area contributed by atoms with Crippen LogP contribution in [0.3, 0.4) is 0 Å². The van der Waals surface area contributed by atoms with Crippen molar-refractivity contribution < 1.29 is 53.5 Å². The Kier molecular flexibility index (Phi) is 8.50. The van der Waals surface area contributed by atoms with Crippen molar-refractivity contribution in [3.05, 3.63) is 33.9 Å². The molecule has 2 amide bonds. The Morgan fingerprint density at radius 1 is 1.19 bits per heavy atom. The number of hydrogen-bond donors (Lipinski definition) is 5.